The Morgan fingerprint density at radius 1 is 1.06 bits per heavy atom. The van der Waals surface area contributed by atoms with Crippen molar-refractivity contribution in [3.63, 3.8) is 0 Å². The molecule has 0 spiro atoms. The minimum Gasteiger partial charge on any atom is -0.411 e. The average molecular weight is 240 g/mol. The van der Waals surface area contributed by atoms with Gasteiger partial charge >= 0.3 is 0 Å². The average Bonchev–Trinajstić information content (AvgIpc) is 2.40. The summed E-state index contributed by atoms with van der Waals surface area (Å²) in [6.07, 6.45) is 0.821. The van der Waals surface area contributed by atoms with Gasteiger partial charge in [0.25, 0.3) is 5.91 Å². The van der Waals surface area contributed by atoms with Crippen LogP contribution in [0.2, 0.25) is 0 Å². The second kappa shape index (κ2) is 5.63. The van der Waals surface area contributed by atoms with Gasteiger partial charge in [-0.1, -0.05) is 53.7 Å². The normalized spacial score (nSPS) is 10.4. The molecule has 4 nitrogen and oxygen atoms in total. The van der Waals surface area contributed by atoms with Crippen LogP contribution < -0.4 is 5.32 Å². The van der Waals surface area contributed by atoms with Crippen molar-refractivity contribution in [2.24, 2.45) is 5.16 Å². The number of carbonyl (C=O) groups is 1. The number of nitrogens with zero attached hydrogens (tertiary/aromatic N) is 1. The Morgan fingerprint density at radius 3 is 2.44 bits per heavy atom. The summed E-state index contributed by atoms with van der Waals surface area (Å²) in [7, 11) is 0. The van der Waals surface area contributed by atoms with Gasteiger partial charge in [-0.05, 0) is 11.6 Å². The highest BCUT2D eigenvalue weighted by Crippen LogP contribution is 2.27. The molecular weight excluding hydrogens is 228 g/mol. The molecule has 0 heterocycles. The lowest BCUT2D eigenvalue weighted by Crippen LogP contribution is -2.13. The van der Waals surface area contributed by atoms with E-state index in [0.29, 0.717) is 5.69 Å². The molecule has 2 aromatic carbocycles. The standard InChI is InChI=1S/C14H12N2O2/c17-14(10-15-18)16-13-9-5-4-8-12(13)11-6-2-1-3-7-11/h1-10,18H,(H,16,17). The third-order valence-electron chi connectivity index (χ3n) is 2.44. The predicted molar refractivity (Wildman–Crippen MR) is 70.8 cm³/mol. The molecule has 4 heteroatoms. The van der Waals surface area contributed by atoms with Crippen LogP contribution in [0.15, 0.2) is 59.8 Å². The SMILES string of the molecule is O=C(C=NO)Nc1ccccc1-c1ccccc1. The molecule has 2 rings (SSSR count). The first-order valence-electron chi connectivity index (χ1n) is 5.44. The highest BCUT2D eigenvalue weighted by molar-refractivity contribution is 6.32. The number of para-hydroxylation sites is 1. The minimum atomic E-state index is -0.471. The van der Waals surface area contributed by atoms with E-state index < -0.39 is 5.91 Å². The van der Waals surface area contributed by atoms with Crippen molar-refractivity contribution < 1.29 is 10.0 Å². The van der Waals surface area contributed by atoms with Gasteiger partial charge in [-0.25, -0.2) is 0 Å². The van der Waals surface area contributed by atoms with Gasteiger partial charge in [-0.2, -0.15) is 0 Å². The van der Waals surface area contributed by atoms with Gasteiger partial charge in [0.1, 0.15) is 6.21 Å². The fourth-order valence-corrected chi connectivity index (χ4v) is 1.68. The summed E-state index contributed by atoms with van der Waals surface area (Å²) in [6, 6.07) is 17.2. The molecule has 0 aromatic heterocycles. The second-order valence-electron chi connectivity index (χ2n) is 3.65. The number of anilines is 1. The maximum absolute atomic E-state index is 11.4. The minimum absolute atomic E-state index is 0.471. The zero-order valence-electron chi connectivity index (χ0n) is 9.58. The number of oxime groups is 1. The maximum atomic E-state index is 11.4. The van der Waals surface area contributed by atoms with E-state index in [2.05, 4.69) is 10.5 Å². The van der Waals surface area contributed by atoms with Crippen molar-refractivity contribution in [2.75, 3.05) is 5.32 Å². The predicted octanol–water partition coefficient (Wildman–Crippen LogP) is 2.75. The van der Waals surface area contributed by atoms with Gasteiger partial charge in [-0.3, -0.25) is 4.79 Å². The fourth-order valence-electron chi connectivity index (χ4n) is 1.68. The molecule has 18 heavy (non-hydrogen) atoms. The van der Waals surface area contributed by atoms with Gasteiger partial charge in [0.2, 0.25) is 0 Å². The Bertz CT molecular complexity index is 565. The van der Waals surface area contributed by atoms with Crippen molar-refractivity contribution in [3.05, 3.63) is 54.6 Å². The molecular formula is C14H12N2O2. The quantitative estimate of drug-likeness (QED) is 0.492. The zero-order chi connectivity index (χ0) is 12.8. The topological polar surface area (TPSA) is 61.7 Å². The van der Waals surface area contributed by atoms with Gasteiger partial charge in [0, 0.05) is 11.3 Å². The van der Waals surface area contributed by atoms with Gasteiger partial charge in [0.15, 0.2) is 0 Å². The van der Waals surface area contributed by atoms with E-state index in [9.17, 15) is 4.79 Å². The van der Waals surface area contributed by atoms with Crippen LogP contribution in [0.5, 0.6) is 0 Å². The lowest BCUT2D eigenvalue weighted by Gasteiger charge is -2.09. The number of amides is 1. The number of hydrogen-bond acceptors (Lipinski definition) is 3. The van der Waals surface area contributed by atoms with Crippen molar-refractivity contribution in [2.45, 2.75) is 0 Å². The Labute approximate surface area is 105 Å². The van der Waals surface area contributed by atoms with E-state index in [1.807, 2.05) is 48.5 Å². The Morgan fingerprint density at radius 2 is 1.72 bits per heavy atom. The van der Waals surface area contributed by atoms with Crippen LogP contribution in [0, 0.1) is 0 Å². The summed E-state index contributed by atoms with van der Waals surface area (Å²) in [5.74, 6) is -0.471. The molecule has 2 aromatic rings. The van der Waals surface area contributed by atoms with Crippen molar-refractivity contribution in [3.8, 4) is 11.1 Å². The van der Waals surface area contributed by atoms with Crippen LogP contribution in [0.4, 0.5) is 5.69 Å². The lowest BCUT2D eigenvalue weighted by molar-refractivity contribution is -0.110. The molecule has 0 bridgehead atoms. The van der Waals surface area contributed by atoms with Crippen LogP contribution in [0.1, 0.15) is 0 Å². The summed E-state index contributed by atoms with van der Waals surface area (Å²) < 4.78 is 0. The molecule has 0 radical (unpaired) electrons. The fraction of sp³-hybridized carbons (Fsp3) is 0. The first kappa shape index (κ1) is 11.9. The molecule has 1 amide bonds. The van der Waals surface area contributed by atoms with E-state index in [0.717, 1.165) is 17.3 Å². The summed E-state index contributed by atoms with van der Waals surface area (Å²) >= 11 is 0. The first-order valence-corrected chi connectivity index (χ1v) is 5.44. The zero-order valence-corrected chi connectivity index (χ0v) is 9.58. The van der Waals surface area contributed by atoms with Crippen LogP contribution in [-0.2, 0) is 4.79 Å². The summed E-state index contributed by atoms with van der Waals surface area (Å²) in [5.41, 5.74) is 2.60. The summed E-state index contributed by atoms with van der Waals surface area (Å²) in [6.45, 7) is 0. The van der Waals surface area contributed by atoms with Crippen LogP contribution in [0.3, 0.4) is 0 Å². The molecule has 0 saturated carbocycles. The van der Waals surface area contributed by atoms with E-state index in [1.54, 1.807) is 6.07 Å². The van der Waals surface area contributed by atoms with E-state index >= 15 is 0 Å². The van der Waals surface area contributed by atoms with E-state index in [1.165, 1.54) is 0 Å². The molecule has 0 aliphatic heterocycles. The van der Waals surface area contributed by atoms with Crippen molar-refractivity contribution in [1.82, 2.24) is 0 Å². The van der Waals surface area contributed by atoms with Crippen LogP contribution in [-0.4, -0.2) is 17.3 Å². The maximum Gasteiger partial charge on any atom is 0.270 e. The smallest absolute Gasteiger partial charge is 0.270 e. The Balaban J connectivity index is 2.35. The van der Waals surface area contributed by atoms with Gasteiger partial charge < -0.3 is 10.5 Å². The Hall–Kier alpha value is -2.62. The summed E-state index contributed by atoms with van der Waals surface area (Å²) in [5, 5.41) is 13.7. The number of benzene rings is 2. The third-order valence-corrected chi connectivity index (χ3v) is 2.44. The number of hydrogen-bond donors (Lipinski definition) is 2. The monoisotopic (exact) mass is 240 g/mol. The third kappa shape index (κ3) is 2.74. The molecule has 90 valence electrons. The number of rotatable bonds is 3. The van der Waals surface area contributed by atoms with Crippen LogP contribution >= 0.6 is 0 Å². The van der Waals surface area contributed by atoms with Crippen molar-refractivity contribution in [1.29, 1.82) is 0 Å². The highest BCUT2D eigenvalue weighted by atomic mass is 16.4. The molecule has 0 atom stereocenters. The number of nitrogens with one attached hydrogen (secondary N) is 1. The molecule has 0 aliphatic rings. The molecule has 0 unspecified atom stereocenters. The molecule has 0 saturated heterocycles. The lowest BCUT2D eigenvalue weighted by atomic mass is 10.0. The highest BCUT2D eigenvalue weighted by Gasteiger charge is 2.06. The Kier molecular flexibility index (Phi) is 3.71. The largest absolute Gasteiger partial charge is 0.411 e. The summed E-state index contributed by atoms with van der Waals surface area (Å²) in [4.78, 5) is 11.4. The van der Waals surface area contributed by atoms with Gasteiger partial charge in [-0.15, -0.1) is 0 Å². The molecule has 0 aliphatic carbocycles. The second-order valence-corrected chi connectivity index (χ2v) is 3.65. The van der Waals surface area contributed by atoms with Gasteiger partial charge in [0.05, 0.1) is 0 Å². The van der Waals surface area contributed by atoms with Crippen molar-refractivity contribution >= 4 is 17.8 Å². The van der Waals surface area contributed by atoms with E-state index in [4.69, 9.17) is 5.21 Å². The van der Waals surface area contributed by atoms with Crippen LogP contribution in [0.25, 0.3) is 11.1 Å². The first-order chi connectivity index (χ1) is 8.81. The molecule has 2 N–H and O–H groups in total. The molecule has 0 fully saturated rings. The number of carbonyl (C=O) groups excluding carboxylic acids is 1. The van der Waals surface area contributed by atoms with E-state index in [-0.39, 0.29) is 0 Å².